The molecule has 2 nitrogen and oxygen atoms in total. The third-order valence-corrected chi connectivity index (χ3v) is 5.81. The molecule has 0 aromatic heterocycles. The van der Waals surface area contributed by atoms with E-state index in [1.54, 1.807) is 0 Å². The molecule has 2 rings (SSSR count). The van der Waals surface area contributed by atoms with E-state index in [2.05, 4.69) is 31.1 Å². The van der Waals surface area contributed by atoms with Crippen LogP contribution in [0.5, 0.6) is 0 Å². The van der Waals surface area contributed by atoms with Gasteiger partial charge in [-0.25, -0.2) is 0 Å². The zero-order valence-electron chi connectivity index (χ0n) is 14.1. The summed E-state index contributed by atoms with van der Waals surface area (Å²) in [6.45, 7) is 10.1. The second kappa shape index (κ2) is 7.79. The SMILES string of the molecule is CCC1CCCN(CC2(CNC)CCCC(C)C2)CC1. The van der Waals surface area contributed by atoms with E-state index in [0.29, 0.717) is 5.41 Å². The molecule has 1 N–H and O–H groups in total. The summed E-state index contributed by atoms with van der Waals surface area (Å²) in [7, 11) is 2.14. The van der Waals surface area contributed by atoms with Gasteiger partial charge in [0.2, 0.25) is 0 Å². The molecule has 0 aromatic rings. The first kappa shape index (κ1) is 16.3. The summed E-state index contributed by atoms with van der Waals surface area (Å²) in [5, 5.41) is 3.50. The van der Waals surface area contributed by atoms with Crippen molar-refractivity contribution in [2.45, 2.75) is 65.2 Å². The smallest absolute Gasteiger partial charge is 0.00502 e. The van der Waals surface area contributed by atoms with Crippen LogP contribution in [0.4, 0.5) is 0 Å². The molecule has 2 fully saturated rings. The van der Waals surface area contributed by atoms with E-state index in [4.69, 9.17) is 0 Å². The summed E-state index contributed by atoms with van der Waals surface area (Å²) in [5.74, 6) is 1.91. The molecule has 1 saturated carbocycles. The molecule has 3 unspecified atom stereocenters. The molecule has 118 valence electrons. The Morgan fingerprint density at radius 1 is 1.15 bits per heavy atom. The first-order valence-electron chi connectivity index (χ1n) is 9.04. The van der Waals surface area contributed by atoms with Crippen LogP contribution in [-0.2, 0) is 0 Å². The first-order chi connectivity index (χ1) is 9.67. The van der Waals surface area contributed by atoms with Gasteiger partial charge in [-0.05, 0) is 69.5 Å². The fraction of sp³-hybridized carbons (Fsp3) is 1.00. The van der Waals surface area contributed by atoms with Gasteiger partial charge in [0, 0.05) is 13.1 Å². The highest BCUT2D eigenvalue weighted by atomic mass is 15.1. The molecule has 0 bridgehead atoms. The molecular formula is C18H36N2. The van der Waals surface area contributed by atoms with Gasteiger partial charge in [0.15, 0.2) is 0 Å². The Morgan fingerprint density at radius 2 is 2.00 bits per heavy atom. The predicted molar refractivity (Wildman–Crippen MR) is 88.1 cm³/mol. The monoisotopic (exact) mass is 280 g/mol. The van der Waals surface area contributed by atoms with Crippen molar-refractivity contribution < 1.29 is 0 Å². The van der Waals surface area contributed by atoms with Crippen molar-refractivity contribution >= 4 is 0 Å². The van der Waals surface area contributed by atoms with Gasteiger partial charge in [0.25, 0.3) is 0 Å². The molecule has 0 radical (unpaired) electrons. The maximum atomic E-state index is 3.50. The van der Waals surface area contributed by atoms with Crippen molar-refractivity contribution in [3.05, 3.63) is 0 Å². The van der Waals surface area contributed by atoms with Crippen LogP contribution in [0.3, 0.4) is 0 Å². The fourth-order valence-electron chi connectivity index (χ4n) is 4.77. The molecule has 0 spiro atoms. The second-order valence-corrected chi connectivity index (χ2v) is 7.71. The van der Waals surface area contributed by atoms with Crippen LogP contribution in [-0.4, -0.2) is 38.1 Å². The van der Waals surface area contributed by atoms with Gasteiger partial charge >= 0.3 is 0 Å². The lowest BCUT2D eigenvalue weighted by atomic mass is 9.69. The highest BCUT2D eigenvalue weighted by Gasteiger charge is 2.36. The van der Waals surface area contributed by atoms with Gasteiger partial charge < -0.3 is 10.2 Å². The van der Waals surface area contributed by atoms with Crippen LogP contribution < -0.4 is 5.32 Å². The summed E-state index contributed by atoms with van der Waals surface area (Å²) >= 11 is 0. The Morgan fingerprint density at radius 3 is 2.70 bits per heavy atom. The van der Waals surface area contributed by atoms with Gasteiger partial charge in [-0.15, -0.1) is 0 Å². The summed E-state index contributed by atoms with van der Waals surface area (Å²) in [6, 6.07) is 0. The molecule has 2 heteroatoms. The fourth-order valence-corrected chi connectivity index (χ4v) is 4.77. The van der Waals surface area contributed by atoms with E-state index in [1.165, 1.54) is 77.5 Å². The summed E-state index contributed by atoms with van der Waals surface area (Å²) in [6.07, 6.45) is 11.4. The van der Waals surface area contributed by atoms with Crippen molar-refractivity contribution in [3.63, 3.8) is 0 Å². The van der Waals surface area contributed by atoms with E-state index in [-0.39, 0.29) is 0 Å². The molecule has 20 heavy (non-hydrogen) atoms. The van der Waals surface area contributed by atoms with Gasteiger partial charge in [-0.3, -0.25) is 0 Å². The van der Waals surface area contributed by atoms with Crippen LogP contribution >= 0.6 is 0 Å². The summed E-state index contributed by atoms with van der Waals surface area (Å²) in [5.41, 5.74) is 0.554. The number of nitrogens with one attached hydrogen (secondary N) is 1. The molecule has 0 aromatic carbocycles. The third-order valence-electron chi connectivity index (χ3n) is 5.81. The average molecular weight is 281 g/mol. The maximum Gasteiger partial charge on any atom is 0.00502 e. The summed E-state index contributed by atoms with van der Waals surface area (Å²) in [4.78, 5) is 2.80. The van der Waals surface area contributed by atoms with Crippen molar-refractivity contribution in [2.75, 3.05) is 33.2 Å². The third kappa shape index (κ3) is 4.46. The zero-order valence-corrected chi connectivity index (χ0v) is 14.1. The van der Waals surface area contributed by atoms with Gasteiger partial charge in [-0.2, -0.15) is 0 Å². The molecule has 2 aliphatic rings. The van der Waals surface area contributed by atoms with Crippen molar-refractivity contribution in [2.24, 2.45) is 17.3 Å². The Balaban J connectivity index is 1.93. The quantitative estimate of drug-likeness (QED) is 0.821. The molecule has 3 atom stereocenters. The lowest BCUT2D eigenvalue weighted by molar-refractivity contribution is 0.0828. The Bertz CT molecular complexity index is 275. The molecule has 1 aliphatic carbocycles. The second-order valence-electron chi connectivity index (χ2n) is 7.71. The van der Waals surface area contributed by atoms with Crippen molar-refractivity contribution in [1.82, 2.24) is 10.2 Å². The number of hydrogen-bond acceptors (Lipinski definition) is 2. The van der Waals surface area contributed by atoms with Gasteiger partial charge in [0.05, 0.1) is 0 Å². The molecular weight excluding hydrogens is 244 g/mol. The van der Waals surface area contributed by atoms with Gasteiger partial charge in [0.1, 0.15) is 0 Å². The number of likely N-dealkylation sites (tertiary alicyclic amines) is 1. The topological polar surface area (TPSA) is 15.3 Å². The molecule has 1 aliphatic heterocycles. The normalized spacial score (nSPS) is 36.8. The Hall–Kier alpha value is -0.0800. The predicted octanol–water partition coefficient (Wildman–Crippen LogP) is 3.91. The van der Waals surface area contributed by atoms with E-state index in [9.17, 15) is 0 Å². The summed E-state index contributed by atoms with van der Waals surface area (Å²) < 4.78 is 0. The average Bonchev–Trinajstić information content (AvgIpc) is 2.64. The lowest BCUT2D eigenvalue weighted by Crippen LogP contribution is -2.46. The minimum absolute atomic E-state index is 0.554. The van der Waals surface area contributed by atoms with Crippen LogP contribution in [0.2, 0.25) is 0 Å². The minimum atomic E-state index is 0.554. The largest absolute Gasteiger partial charge is 0.319 e. The molecule has 1 heterocycles. The van der Waals surface area contributed by atoms with E-state index in [0.717, 1.165) is 11.8 Å². The Kier molecular flexibility index (Phi) is 6.35. The number of hydrogen-bond donors (Lipinski definition) is 1. The van der Waals surface area contributed by atoms with Crippen molar-refractivity contribution in [3.8, 4) is 0 Å². The minimum Gasteiger partial charge on any atom is -0.319 e. The highest BCUT2D eigenvalue weighted by molar-refractivity contribution is 4.90. The Labute approximate surface area is 126 Å². The van der Waals surface area contributed by atoms with E-state index >= 15 is 0 Å². The maximum absolute atomic E-state index is 3.50. The molecule has 1 saturated heterocycles. The van der Waals surface area contributed by atoms with Crippen LogP contribution in [0.1, 0.15) is 65.2 Å². The molecule has 0 amide bonds. The van der Waals surface area contributed by atoms with E-state index < -0.39 is 0 Å². The number of rotatable bonds is 5. The van der Waals surface area contributed by atoms with E-state index in [1.807, 2.05) is 0 Å². The zero-order chi connectivity index (χ0) is 14.4. The highest BCUT2D eigenvalue weighted by Crippen LogP contribution is 2.40. The van der Waals surface area contributed by atoms with Crippen LogP contribution in [0, 0.1) is 17.3 Å². The number of nitrogens with zero attached hydrogens (tertiary/aromatic N) is 1. The lowest BCUT2D eigenvalue weighted by Gasteiger charge is -2.43. The first-order valence-corrected chi connectivity index (χ1v) is 9.04. The van der Waals surface area contributed by atoms with Crippen LogP contribution in [0.25, 0.3) is 0 Å². The standard InChI is InChI=1S/C18H36N2/c1-4-17-8-6-11-20(12-9-17)15-18(14-19-3)10-5-7-16(2)13-18/h16-17,19H,4-15H2,1-3H3. The van der Waals surface area contributed by atoms with Gasteiger partial charge in [-0.1, -0.05) is 33.1 Å². The van der Waals surface area contributed by atoms with Crippen molar-refractivity contribution in [1.29, 1.82) is 0 Å². The van der Waals surface area contributed by atoms with Crippen LogP contribution in [0.15, 0.2) is 0 Å².